The van der Waals surface area contributed by atoms with Gasteiger partial charge >= 0.3 is 5.97 Å². The molecule has 1 aliphatic rings. The zero-order valence-corrected chi connectivity index (χ0v) is 15.1. The van der Waals surface area contributed by atoms with Gasteiger partial charge in [0.15, 0.2) is 0 Å². The molecule has 1 aromatic rings. The molecule has 1 aliphatic carbocycles. The van der Waals surface area contributed by atoms with Crippen LogP contribution in [0.4, 0.5) is 0 Å². The molecule has 0 aliphatic heterocycles. The lowest BCUT2D eigenvalue weighted by molar-refractivity contribution is -0.151. The summed E-state index contributed by atoms with van der Waals surface area (Å²) in [6, 6.07) is 6.50. The third-order valence-corrected chi connectivity index (χ3v) is 4.47. The Bertz CT molecular complexity index is 742. The van der Waals surface area contributed by atoms with E-state index in [4.69, 9.17) is 4.74 Å². The second-order valence-electron chi connectivity index (χ2n) is 7.29. The third-order valence-electron chi connectivity index (χ3n) is 4.47. The van der Waals surface area contributed by atoms with Gasteiger partial charge in [-0.15, -0.1) is 0 Å². The van der Waals surface area contributed by atoms with E-state index < -0.39 is 17.0 Å². The van der Waals surface area contributed by atoms with Crippen molar-refractivity contribution >= 4 is 23.3 Å². The van der Waals surface area contributed by atoms with Gasteiger partial charge < -0.3 is 9.84 Å². The standard InChI is InChI=1S/C20H24O5/c1-5-12(2)19(24)25-11-20(3,4)10-15-16(21)13-8-6-7-9-14(13)17(22)18(15)23/h6-9,12,21H,5,10-11H2,1-4H3/t12-/m0/s1. The molecule has 0 spiro atoms. The Balaban J connectivity index is 2.22. The first-order valence-corrected chi connectivity index (χ1v) is 8.45. The Hall–Kier alpha value is -2.43. The topological polar surface area (TPSA) is 80.7 Å². The maximum Gasteiger partial charge on any atom is 0.308 e. The molecule has 0 radical (unpaired) electrons. The van der Waals surface area contributed by atoms with E-state index in [-0.39, 0.29) is 41.8 Å². The van der Waals surface area contributed by atoms with Gasteiger partial charge in [0, 0.05) is 22.1 Å². The fourth-order valence-corrected chi connectivity index (χ4v) is 2.69. The number of aliphatic hydroxyl groups excluding tert-OH is 1. The van der Waals surface area contributed by atoms with Gasteiger partial charge in [-0.1, -0.05) is 52.0 Å². The number of benzene rings is 1. The molecule has 0 aromatic heterocycles. The summed E-state index contributed by atoms with van der Waals surface area (Å²) in [6.07, 6.45) is 0.834. The first-order chi connectivity index (χ1) is 11.7. The molecule has 0 heterocycles. The number of ketones is 2. The Morgan fingerprint density at radius 1 is 1.16 bits per heavy atom. The zero-order valence-electron chi connectivity index (χ0n) is 15.1. The van der Waals surface area contributed by atoms with Crippen LogP contribution < -0.4 is 0 Å². The van der Waals surface area contributed by atoms with Crippen LogP contribution in [0.25, 0.3) is 5.76 Å². The predicted octanol–water partition coefficient (Wildman–Crippen LogP) is 3.73. The number of ether oxygens (including phenoxy) is 1. The van der Waals surface area contributed by atoms with Crippen LogP contribution in [-0.4, -0.2) is 29.2 Å². The first kappa shape index (κ1) is 18.9. The van der Waals surface area contributed by atoms with E-state index in [0.29, 0.717) is 12.0 Å². The Kier molecular flexibility index (Phi) is 5.45. The van der Waals surface area contributed by atoms with Crippen LogP contribution in [0, 0.1) is 11.3 Å². The molecular formula is C20H24O5. The van der Waals surface area contributed by atoms with Crippen molar-refractivity contribution in [1.82, 2.24) is 0 Å². The number of carbonyl (C=O) groups excluding carboxylic acids is 3. The molecule has 134 valence electrons. The zero-order chi connectivity index (χ0) is 18.8. The normalized spacial score (nSPS) is 15.8. The van der Waals surface area contributed by atoms with Crippen molar-refractivity contribution in [3.8, 4) is 0 Å². The van der Waals surface area contributed by atoms with Crippen LogP contribution in [0.3, 0.4) is 0 Å². The van der Waals surface area contributed by atoms with E-state index in [1.807, 2.05) is 20.8 Å². The number of hydrogen-bond donors (Lipinski definition) is 1. The molecule has 0 unspecified atom stereocenters. The van der Waals surface area contributed by atoms with Crippen molar-refractivity contribution in [3.05, 3.63) is 41.0 Å². The molecule has 1 atom stereocenters. The highest BCUT2D eigenvalue weighted by Crippen LogP contribution is 2.35. The molecule has 0 fully saturated rings. The minimum Gasteiger partial charge on any atom is -0.507 e. The molecule has 0 saturated carbocycles. The number of fused-ring (bicyclic) bond motifs is 1. The minimum atomic E-state index is -0.697. The Morgan fingerprint density at radius 3 is 2.36 bits per heavy atom. The summed E-state index contributed by atoms with van der Waals surface area (Å²) in [4.78, 5) is 36.5. The largest absolute Gasteiger partial charge is 0.507 e. The molecule has 1 N–H and O–H groups in total. The number of allylic oxidation sites excluding steroid dienone is 1. The number of rotatable bonds is 6. The average molecular weight is 344 g/mol. The highest BCUT2D eigenvalue weighted by Gasteiger charge is 2.36. The van der Waals surface area contributed by atoms with Crippen molar-refractivity contribution in [3.63, 3.8) is 0 Å². The van der Waals surface area contributed by atoms with Gasteiger partial charge in [-0.3, -0.25) is 14.4 Å². The monoisotopic (exact) mass is 344 g/mol. The summed E-state index contributed by atoms with van der Waals surface area (Å²) in [7, 11) is 0. The van der Waals surface area contributed by atoms with Crippen LogP contribution in [-0.2, 0) is 14.3 Å². The summed E-state index contributed by atoms with van der Waals surface area (Å²) in [6.45, 7) is 7.47. The molecule has 0 amide bonds. The van der Waals surface area contributed by atoms with Crippen LogP contribution in [0.15, 0.2) is 29.8 Å². The fourth-order valence-electron chi connectivity index (χ4n) is 2.69. The minimum absolute atomic E-state index is 0.0771. The van der Waals surface area contributed by atoms with Gasteiger partial charge in [0.25, 0.3) is 0 Å². The first-order valence-electron chi connectivity index (χ1n) is 8.45. The molecular weight excluding hydrogens is 320 g/mol. The number of hydrogen-bond acceptors (Lipinski definition) is 5. The molecule has 5 heteroatoms. The van der Waals surface area contributed by atoms with E-state index in [1.165, 1.54) is 6.07 Å². The smallest absolute Gasteiger partial charge is 0.308 e. The third kappa shape index (κ3) is 3.98. The van der Waals surface area contributed by atoms with Crippen molar-refractivity contribution in [2.75, 3.05) is 6.61 Å². The summed E-state index contributed by atoms with van der Waals surface area (Å²) >= 11 is 0. The molecule has 5 nitrogen and oxygen atoms in total. The average Bonchev–Trinajstić information content (AvgIpc) is 2.60. The van der Waals surface area contributed by atoms with Crippen molar-refractivity contribution < 1.29 is 24.2 Å². The Labute approximate surface area is 147 Å². The van der Waals surface area contributed by atoms with Gasteiger partial charge in [0.05, 0.1) is 12.5 Å². The van der Waals surface area contributed by atoms with Crippen LogP contribution in [0.1, 0.15) is 56.5 Å². The van der Waals surface area contributed by atoms with Crippen LogP contribution in [0.5, 0.6) is 0 Å². The quantitative estimate of drug-likeness (QED) is 0.628. The summed E-state index contributed by atoms with van der Waals surface area (Å²) in [5.41, 5.74) is 0.0758. The Morgan fingerprint density at radius 2 is 1.76 bits per heavy atom. The van der Waals surface area contributed by atoms with E-state index >= 15 is 0 Å². The van der Waals surface area contributed by atoms with E-state index in [0.717, 1.165) is 0 Å². The number of carbonyl (C=O) groups is 3. The number of Topliss-reactive ketones (excluding diaryl/α,β-unsaturated/α-hetero) is 2. The fraction of sp³-hybridized carbons (Fsp3) is 0.450. The highest BCUT2D eigenvalue weighted by molar-refractivity contribution is 6.52. The van der Waals surface area contributed by atoms with Crippen LogP contribution >= 0.6 is 0 Å². The maximum atomic E-state index is 12.4. The summed E-state index contributed by atoms with van der Waals surface area (Å²) in [5, 5.41) is 10.5. The molecule has 1 aromatic carbocycles. The van der Waals surface area contributed by atoms with E-state index in [9.17, 15) is 19.5 Å². The van der Waals surface area contributed by atoms with Gasteiger partial charge in [0.2, 0.25) is 11.6 Å². The molecule has 0 bridgehead atoms. The number of esters is 1. The lowest BCUT2D eigenvalue weighted by atomic mass is 9.79. The second-order valence-corrected chi connectivity index (χ2v) is 7.29. The van der Waals surface area contributed by atoms with E-state index in [1.54, 1.807) is 25.1 Å². The van der Waals surface area contributed by atoms with Gasteiger partial charge in [-0.25, -0.2) is 0 Å². The molecule has 0 saturated heterocycles. The van der Waals surface area contributed by atoms with E-state index in [2.05, 4.69) is 0 Å². The van der Waals surface area contributed by atoms with Crippen molar-refractivity contribution in [2.24, 2.45) is 11.3 Å². The lowest BCUT2D eigenvalue weighted by Crippen LogP contribution is -2.30. The maximum absolute atomic E-state index is 12.4. The SMILES string of the molecule is CC[C@H](C)C(=O)OCC(C)(C)CC1=C(O)c2ccccc2C(=O)C1=O. The molecule has 25 heavy (non-hydrogen) atoms. The lowest BCUT2D eigenvalue weighted by Gasteiger charge is -2.27. The second kappa shape index (κ2) is 7.21. The molecule has 2 rings (SSSR count). The predicted molar refractivity (Wildman–Crippen MR) is 94.1 cm³/mol. The summed E-state index contributed by atoms with van der Waals surface area (Å²) < 4.78 is 5.33. The van der Waals surface area contributed by atoms with Gasteiger partial charge in [0.1, 0.15) is 5.76 Å². The number of aliphatic hydroxyl groups is 1. The van der Waals surface area contributed by atoms with Gasteiger partial charge in [-0.05, 0) is 12.8 Å². The van der Waals surface area contributed by atoms with Crippen molar-refractivity contribution in [1.29, 1.82) is 0 Å². The highest BCUT2D eigenvalue weighted by atomic mass is 16.5. The van der Waals surface area contributed by atoms with Gasteiger partial charge in [-0.2, -0.15) is 0 Å². The van der Waals surface area contributed by atoms with Crippen molar-refractivity contribution in [2.45, 2.75) is 40.5 Å². The summed E-state index contributed by atoms with van der Waals surface area (Å²) in [5.74, 6) is -1.95. The van der Waals surface area contributed by atoms with Crippen LogP contribution in [0.2, 0.25) is 0 Å².